The van der Waals surface area contributed by atoms with E-state index in [0.29, 0.717) is 17.9 Å². The Labute approximate surface area is 180 Å². The maximum absolute atomic E-state index is 14.3. The van der Waals surface area contributed by atoms with Gasteiger partial charge < -0.3 is 15.2 Å². The molecule has 1 atom stereocenters. The molecule has 0 aliphatic heterocycles. The molecule has 0 aliphatic rings. The summed E-state index contributed by atoms with van der Waals surface area (Å²) in [6, 6.07) is 12.8. The van der Waals surface area contributed by atoms with Crippen LogP contribution in [0.2, 0.25) is 0 Å². The van der Waals surface area contributed by atoms with Crippen molar-refractivity contribution in [3.05, 3.63) is 89.5 Å². The number of anilines is 2. The van der Waals surface area contributed by atoms with Crippen molar-refractivity contribution < 1.29 is 37.0 Å². The average molecular weight is 450 g/mol. The Kier molecular flexibility index (Phi) is 7.63. The number of hydrogen-bond donors (Lipinski definition) is 3. The van der Waals surface area contributed by atoms with Gasteiger partial charge in [-0.3, -0.25) is 9.63 Å². The first-order valence-corrected chi connectivity index (χ1v) is 9.33. The van der Waals surface area contributed by atoms with E-state index >= 15 is 0 Å². The molecule has 0 radical (unpaired) electrons. The summed E-state index contributed by atoms with van der Waals surface area (Å²) < 4.78 is 60.3. The van der Waals surface area contributed by atoms with Crippen LogP contribution in [0.1, 0.15) is 10.4 Å². The second-order valence-electron chi connectivity index (χ2n) is 6.55. The van der Waals surface area contributed by atoms with E-state index in [1.165, 1.54) is 0 Å². The van der Waals surface area contributed by atoms with Crippen molar-refractivity contribution in [2.24, 2.45) is 0 Å². The Morgan fingerprint density at radius 1 is 0.938 bits per heavy atom. The summed E-state index contributed by atoms with van der Waals surface area (Å²) in [6.45, 7) is -0.487. The molecule has 1 unspecified atom stereocenters. The number of ether oxygens (including phenoxy) is 1. The number of benzene rings is 3. The lowest BCUT2D eigenvalue weighted by atomic mass is 10.1. The van der Waals surface area contributed by atoms with Crippen molar-refractivity contribution in [3.63, 3.8) is 0 Å². The number of carbonyl (C=O) groups excluding carboxylic acids is 1. The third kappa shape index (κ3) is 5.96. The molecule has 0 bridgehead atoms. The topological polar surface area (TPSA) is 79.8 Å². The molecule has 3 aromatic rings. The van der Waals surface area contributed by atoms with Crippen molar-refractivity contribution in [3.8, 4) is 5.75 Å². The minimum atomic E-state index is -1.45. The van der Waals surface area contributed by atoms with Gasteiger partial charge in [-0.1, -0.05) is 18.2 Å². The van der Waals surface area contributed by atoms with E-state index in [9.17, 15) is 27.5 Å². The van der Waals surface area contributed by atoms with E-state index in [1.807, 2.05) is 5.48 Å². The van der Waals surface area contributed by atoms with Crippen LogP contribution in [0.5, 0.6) is 5.75 Å². The lowest BCUT2D eigenvalue weighted by Gasteiger charge is -2.15. The Morgan fingerprint density at radius 2 is 1.69 bits per heavy atom. The highest BCUT2D eigenvalue weighted by Gasteiger charge is 2.21. The van der Waals surface area contributed by atoms with Crippen LogP contribution in [0.25, 0.3) is 0 Å². The molecule has 0 fully saturated rings. The molecule has 1 amide bonds. The number of hydroxylamine groups is 1. The van der Waals surface area contributed by atoms with Gasteiger partial charge in [0.1, 0.15) is 36.7 Å². The molecular weight excluding hydrogens is 432 g/mol. The van der Waals surface area contributed by atoms with Crippen LogP contribution in [-0.4, -0.2) is 30.3 Å². The van der Waals surface area contributed by atoms with E-state index in [1.54, 1.807) is 30.3 Å². The van der Waals surface area contributed by atoms with Crippen molar-refractivity contribution in [2.45, 2.75) is 6.10 Å². The molecule has 0 aromatic heterocycles. The van der Waals surface area contributed by atoms with Gasteiger partial charge in [-0.15, -0.1) is 0 Å². The van der Waals surface area contributed by atoms with Gasteiger partial charge in [0.15, 0.2) is 11.6 Å². The van der Waals surface area contributed by atoms with Gasteiger partial charge in [0.25, 0.3) is 5.91 Å². The molecule has 0 saturated carbocycles. The molecule has 32 heavy (non-hydrogen) atoms. The first kappa shape index (κ1) is 23.0. The Morgan fingerprint density at radius 3 is 2.41 bits per heavy atom. The Bertz CT molecular complexity index is 1080. The van der Waals surface area contributed by atoms with Gasteiger partial charge in [0.05, 0.1) is 16.9 Å². The zero-order chi connectivity index (χ0) is 23.1. The molecular formula is C22H18F4N2O4. The highest BCUT2D eigenvalue weighted by atomic mass is 19.2. The lowest BCUT2D eigenvalue weighted by molar-refractivity contribution is -0.0259. The van der Waals surface area contributed by atoms with Crippen molar-refractivity contribution in [1.82, 2.24) is 5.48 Å². The third-order valence-electron chi connectivity index (χ3n) is 4.16. The van der Waals surface area contributed by atoms with Crippen LogP contribution in [0.15, 0.2) is 60.7 Å². The highest BCUT2D eigenvalue weighted by molar-refractivity contribution is 5.99. The minimum absolute atomic E-state index is 0.123. The van der Waals surface area contributed by atoms with Crippen LogP contribution in [0.3, 0.4) is 0 Å². The summed E-state index contributed by atoms with van der Waals surface area (Å²) in [4.78, 5) is 17.3. The predicted octanol–water partition coefficient (Wildman–Crippen LogP) is 4.09. The van der Waals surface area contributed by atoms with E-state index in [2.05, 4.69) is 5.32 Å². The predicted molar refractivity (Wildman–Crippen MR) is 107 cm³/mol. The fraction of sp³-hybridized carbons (Fsp3) is 0.136. The molecule has 6 nitrogen and oxygen atoms in total. The van der Waals surface area contributed by atoms with Crippen molar-refractivity contribution >= 4 is 17.3 Å². The number of aliphatic hydroxyl groups excluding tert-OH is 1. The van der Waals surface area contributed by atoms with Crippen LogP contribution in [-0.2, 0) is 4.84 Å². The number of nitrogens with one attached hydrogen (secondary N) is 2. The fourth-order valence-electron chi connectivity index (χ4n) is 2.60. The molecule has 0 aliphatic carbocycles. The molecule has 3 rings (SSSR count). The van der Waals surface area contributed by atoms with Crippen LogP contribution < -0.4 is 15.5 Å². The number of aliphatic hydroxyl groups is 1. The molecule has 3 aromatic carbocycles. The molecule has 168 valence electrons. The minimum Gasteiger partial charge on any atom is -0.491 e. The molecule has 0 spiro atoms. The smallest absolute Gasteiger partial charge is 0.277 e. The molecule has 3 N–H and O–H groups in total. The molecule has 0 saturated heterocycles. The first-order chi connectivity index (χ1) is 15.3. The van der Waals surface area contributed by atoms with Crippen LogP contribution >= 0.6 is 0 Å². The van der Waals surface area contributed by atoms with Crippen LogP contribution in [0.4, 0.5) is 28.9 Å². The lowest BCUT2D eigenvalue weighted by Crippen LogP contribution is -2.31. The maximum Gasteiger partial charge on any atom is 0.277 e. The van der Waals surface area contributed by atoms with Crippen molar-refractivity contribution in [2.75, 3.05) is 18.5 Å². The number of carbonyl (C=O) groups is 1. The first-order valence-electron chi connectivity index (χ1n) is 9.33. The van der Waals surface area contributed by atoms with E-state index in [4.69, 9.17) is 9.57 Å². The van der Waals surface area contributed by atoms with Gasteiger partial charge >= 0.3 is 0 Å². The Hall–Kier alpha value is -3.63. The fourth-order valence-corrected chi connectivity index (χ4v) is 2.60. The normalized spacial score (nSPS) is 11.7. The number of rotatable bonds is 9. The number of halogens is 4. The summed E-state index contributed by atoms with van der Waals surface area (Å²) >= 11 is 0. The van der Waals surface area contributed by atoms with Crippen LogP contribution in [0, 0.1) is 23.3 Å². The Balaban J connectivity index is 1.62. The van der Waals surface area contributed by atoms with Crippen molar-refractivity contribution in [1.29, 1.82) is 0 Å². The van der Waals surface area contributed by atoms with Gasteiger partial charge in [0.2, 0.25) is 0 Å². The molecule has 0 heterocycles. The summed E-state index contributed by atoms with van der Waals surface area (Å²) in [7, 11) is 0. The highest BCUT2D eigenvalue weighted by Crippen LogP contribution is 2.28. The third-order valence-corrected chi connectivity index (χ3v) is 4.16. The summed E-state index contributed by atoms with van der Waals surface area (Å²) in [5, 5.41) is 12.1. The maximum atomic E-state index is 14.3. The van der Waals surface area contributed by atoms with Gasteiger partial charge in [-0.25, -0.2) is 23.0 Å². The summed E-state index contributed by atoms with van der Waals surface area (Å²) in [6.07, 6.45) is -1.11. The average Bonchev–Trinajstić information content (AvgIpc) is 2.78. The zero-order valence-electron chi connectivity index (χ0n) is 16.4. The molecule has 10 heteroatoms. The monoisotopic (exact) mass is 450 g/mol. The zero-order valence-corrected chi connectivity index (χ0v) is 16.4. The van der Waals surface area contributed by atoms with Gasteiger partial charge in [0, 0.05) is 6.07 Å². The van der Waals surface area contributed by atoms with E-state index in [0.717, 1.165) is 18.2 Å². The quantitative estimate of drug-likeness (QED) is 0.338. The van der Waals surface area contributed by atoms with E-state index < -0.39 is 46.5 Å². The largest absolute Gasteiger partial charge is 0.491 e. The van der Waals surface area contributed by atoms with E-state index in [-0.39, 0.29) is 18.9 Å². The number of amides is 1. The summed E-state index contributed by atoms with van der Waals surface area (Å²) in [5.41, 5.74) is 0.521. The second-order valence-corrected chi connectivity index (χ2v) is 6.55. The number of hydrogen-bond acceptors (Lipinski definition) is 5. The second kappa shape index (κ2) is 10.6. The van der Waals surface area contributed by atoms with Gasteiger partial charge in [-0.05, 0) is 36.4 Å². The summed E-state index contributed by atoms with van der Waals surface area (Å²) in [5.74, 6) is -5.14. The van der Waals surface area contributed by atoms with Gasteiger partial charge in [-0.2, -0.15) is 0 Å². The SMILES string of the molecule is O=C(NOCC(O)COc1ccccc1)c1ccc(F)c(F)c1Nc1ccc(F)cc1F. The standard InChI is InChI=1S/C22H18F4N2O4/c23-13-6-9-19(18(25)10-13)27-21-16(7-8-17(24)20(21)26)22(30)28-32-12-14(29)11-31-15-4-2-1-3-5-15/h1-10,14,27,29H,11-12H2,(H,28,30). The number of para-hydroxylation sites is 1.